The molecular weight excluding hydrogens is 768 g/mol. The fourth-order valence-electron chi connectivity index (χ4n) is 5.69. The van der Waals surface area contributed by atoms with Crippen LogP contribution in [0.4, 0.5) is 0 Å². The average Bonchev–Trinajstić information content (AvgIpc) is 3.14. The molecule has 0 saturated carbocycles. The molecule has 0 spiro atoms. The first kappa shape index (κ1) is 44.1. The third-order valence-electron chi connectivity index (χ3n) is 8.67. The summed E-state index contributed by atoms with van der Waals surface area (Å²) in [5.41, 5.74) is 5.31. The van der Waals surface area contributed by atoms with Gasteiger partial charge in [-0.3, -0.25) is 0 Å². The van der Waals surface area contributed by atoms with Crippen molar-refractivity contribution in [2.45, 2.75) is 88.8 Å². The molecular formula is C40H52Cl2N4O6S2. The zero-order valence-electron chi connectivity index (χ0n) is 32.2. The second-order valence-corrected chi connectivity index (χ2v) is 19.5. The van der Waals surface area contributed by atoms with Gasteiger partial charge in [0.1, 0.15) is 9.49 Å². The highest BCUT2D eigenvalue weighted by Crippen LogP contribution is 2.43. The van der Waals surface area contributed by atoms with Crippen LogP contribution in [-0.4, -0.2) is 66.2 Å². The zero-order valence-corrected chi connectivity index (χ0v) is 35.3. The molecule has 2 aromatic heterocycles. The fourth-order valence-corrected chi connectivity index (χ4v) is 8.06. The Kier molecular flexibility index (Phi) is 15.9. The number of hydrogen-bond donors (Lipinski definition) is 4. The Morgan fingerprint density at radius 3 is 1.30 bits per heavy atom. The van der Waals surface area contributed by atoms with Crippen molar-refractivity contribution in [3.63, 3.8) is 0 Å². The van der Waals surface area contributed by atoms with Gasteiger partial charge in [-0.25, -0.2) is 9.97 Å². The van der Waals surface area contributed by atoms with E-state index in [4.69, 9.17) is 42.6 Å². The third-order valence-corrected chi connectivity index (χ3v) is 12.7. The van der Waals surface area contributed by atoms with Crippen molar-refractivity contribution in [2.24, 2.45) is 0 Å². The van der Waals surface area contributed by atoms with E-state index >= 15 is 0 Å². The van der Waals surface area contributed by atoms with Gasteiger partial charge in [-0.15, -0.1) is 9.44 Å². The first-order valence-corrected chi connectivity index (χ1v) is 20.9. The summed E-state index contributed by atoms with van der Waals surface area (Å²) in [4.78, 5) is 9.66. The van der Waals surface area contributed by atoms with Crippen LogP contribution in [-0.2, 0) is 22.7 Å². The van der Waals surface area contributed by atoms with Crippen molar-refractivity contribution in [3.8, 4) is 45.4 Å². The van der Waals surface area contributed by atoms with Gasteiger partial charge in [-0.2, -0.15) is 0 Å². The molecule has 0 fully saturated rings. The molecule has 4 N–H and O–H groups in total. The molecule has 4 aromatic rings. The van der Waals surface area contributed by atoms with Crippen LogP contribution in [0.1, 0.15) is 90.4 Å². The van der Waals surface area contributed by atoms with Crippen LogP contribution in [0.15, 0.2) is 60.7 Å². The molecule has 2 unspecified atom stereocenters. The maximum Gasteiger partial charge on any atom is 0.218 e. The highest BCUT2D eigenvalue weighted by Gasteiger charge is 2.33. The van der Waals surface area contributed by atoms with Gasteiger partial charge in [0.2, 0.25) is 11.8 Å². The Balaban J connectivity index is 1.72. The fraction of sp³-hybridized carbons (Fsp3) is 0.450. The van der Waals surface area contributed by atoms with E-state index in [-0.39, 0.29) is 25.3 Å². The molecule has 2 aromatic carbocycles. The van der Waals surface area contributed by atoms with Gasteiger partial charge in [-0.1, -0.05) is 59.6 Å². The Labute approximate surface area is 336 Å². The summed E-state index contributed by atoms with van der Waals surface area (Å²) >= 11 is 11.6. The Hall–Kier alpha value is -2.62. The lowest BCUT2D eigenvalue weighted by Crippen LogP contribution is -2.41. The van der Waals surface area contributed by atoms with E-state index in [0.29, 0.717) is 81.1 Å². The summed E-state index contributed by atoms with van der Waals surface area (Å²) in [5.74, 6) is 0.717. The van der Waals surface area contributed by atoms with Gasteiger partial charge in [0.25, 0.3) is 0 Å². The number of aliphatic hydroxyl groups is 2. The van der Waals surface area contributed by atoms with E-state index in [9.17, 15) is 19.3 Å². The van der Waals surface area contributed by atoms with Crippen LogP contribution in [0.2, 0.25) is 10.0 Å². The molecule has 0 aliphatic heterocycles. The number of nitrogens with one attached hydrogen (secondary N) is 2. The van der Waals surface area contributed by atoms with E-state index in [1.165, 1.54) is 14.2 Å². The molecule has 10 nitrogen and oxygen atoms in total. The summed E-state index contributed by atoms with van der Waals surface area (Å²) in [7, 11) is 3.08. The Morgan fingerprint density at radius 2 is 0.981 bits per heavy atom. The van der Waals surface area contributed by atoms with Crippen LogP contribution >= 0.6 is 23.2 Å². The second kappa shape index (κ2) is 19.5. The molecule has 0 aliphatic carbocycles. The van der Waals surface area contributed by atoms with Crippen molar-refractivity contribution in [2.75, 3.05) is 27.4 Å². The van der Waals surface area contributed by atoms with Crippen molar-refractivity contribution in [1.29, 1.82) is 0 Å². The number of pyridine rings is 2. The lowest BCUT2D eigenvalue weighted by atomic mass is 9.97. The standard InChI is InChI=1S/C40H52Cl2N4O6S2/c1-39(2,3)53(49)45-33(17-11-23-47)29-19-21-31(43-37(29)51-7)27-15-9-13-25(35(27)41)26-14-10-16-28(36(26)42)32-22-20-30(38(44-32)52-8)34(18-12-24-48)46-54(50)40(4,5)6/h9-10,13-16,19-22,33-34,45-48H,11-12,17-18,23-24H2,1-8H3/t33?,34?,53-,54-/m1/s1. The number of aliphatic hydroxyl groups excluding tert-OH is 2. The first-order valence-electron chi connectivity index (χ1n) is 17.8. The largest absolute Gasteiger partial charge is 0.598 e. The average molecular weight is 820 g/mol. The highest BCUT2D eigenvalue weighted by atomic mass is 35.5. The van der Waals surface area contributed by atoms with Crippen molar-refractivity contribution >= 4 is 45.9 Å². The first-order chi connectivity index (χ1) is 25.5. The summed E-state index contributed by atoms with van der Waals surface area (Å²) in [6, 6.07) is 18.1. The maximum absolute atomic E-state index is 13.0. The van der Waals surface area contributed by atoms with Crippen LogP contribution < -0.4 is 18.9 Å². The molecule has 2 heterocycles. The second-order valence-electron chi connectivity index (χ2n) is 14.8. The smallest absolute Gasteiger partial charge is 0.218 e. The van der Waals surface area contributed by atoms with Gasteiger partial charge in [0, 0.05) is 69.3 Å². The predicted octanol–water partition coefficient (Wildman–Crippen LogP) is 8.53. The molecule has 294 valence electrons. The van der Waals surface area contributed by atoms with Gasteiger partial charge in [0.05, 0.1) is 47.7 Å². The van der Waals surface area contributed by atoms with Gasteiger partial charge in [-0.05, 0) is 91.5 Å². The van der Waals surface area contributed by atoms with E-state index in [0.717, 1.165) is 11.1 Å². The summed E-state index contributed by atoms with van der Waals surface area (Å²) in [5, 5.41) is 20.0. The summed E-state index contributed by atoms with van der Waals surface area (Å²) in [6.45, 7) is 11.4. The molecule has 0 bridgehead atoms. The molecule has 4 atom stereocenters. The normalized spacial score (nSPS) is 14.4. The minimum absolute atomic E-state index is 0.000546. The number of methoxy groups -OCH3 is 2. The summed E-state index contributed by atoms with van der Waals surface area (Å²) in [6.07, 6.45) is 2.07. The number of nitrogens with zero attached hydrogens (tertiary/aromatic N) is 2. The number of aromatic nitrogens is 2. The van der Waals surface area contributed by atoms with Crippen LogP contribution in [0.3, 0.4) is 0 Å². The van der Waals surface area contributed by atoms with Gasteiger partial charge in [0.15, 0.2) is 0 Å². The molecule has 4 rings (SSSR count). The van der Waals surface area contributed by atoms with Crippen molar-refractivity contribution < 1.29 is 28.8 Å². The minimum Gasteiger partial charge on any atom is -0.598 e. The monoisotopic (exact) mass is 818 g/mol. The van der Waals surface area contributed by atoms with E-state index in [2.05, 4.69) is 9.44 Å². The number of hydrogen-bond acceptors (Lipinski definition) is 10. The SMILES string of the molecule is COc1nc(-c2cccc(-c3cccc(-c4ccc(C(CCCO)N[S@+]([O-])C(C)(C)C)c(OC)n4)c3Cl)c2Cl)ccc1C(CCCO)N[S@+]([O-])C(C)(C)C. The lowest BCUT2D eigenvalue weighted by Gasteiger charge is -2.28. The van der Waals surface area contributed by atoms with Crippen molar-refractivity contribution in [3.05, 3.63) is 81.8 Å². The molecule has 0 saturated heterocycles. The molecule has 54 heavy (non-hydrogen) atoms. The topological polar surface area (TPSA) is 155 Å². The van der Waals surface area contributed by atoms with Gasteiger partial charge < -0.3 is 28.8 Å². The lowest BCUT2D eigenvalue weighted by molar-refractivity contribution is 0.277. The predicted molar refractivity (Wildman–Crippen MR) is 222 cm³/mol. The van der Waals surface area contributed by atoms with Crippen LogP contribution in [0.25, 0.3) is 33.6 Å². The van der Waals surface area contributed by atoms with Crippen molar-refractivity contribution in [1.82, 2.24) is 19.4 Å². The number of ether oxygens (including phenoxy) is 2. The number of rotatable bonds is 17. The quantitative estimate of drug-likeness (QED) is 0.0763. The van der Waals surface area contributed by atoms with Crippen LogP contribution in [0.5, 0.6) is 11.8 Å². The zero-order chi connectivity index (χ0) is 39.8. The molecule has 0 amide bonds. The van der Waals surface area contributed by atoms with E-state index in [1.54, 1.807) is 0 Å². The number of benzene rings is 2. The molecule has 0 aliphatic rings. The minimum atomic E-state index is -1.36. The van der Waals surface area contributed by atoms with Crippen LogP contribution in [0, 0.1) is 0 Å². The van der Waals surface area contributed by atoms with E-state index < -0.39 is 32.2 Å². The highest BCUT2D eigenvalue weighted by molar-refractivity contribution is 7.91. The molecule has 0 radical (unpaired) electrons. The maximum atomic E-state index is 13.0. The van der Waals surface area contributed by atoms with E-state index in [1.807, 2.05) is 102 Å². The Morgan fingerprint density at radius 1 is 0.630 bits per heavy atom. The third kappa shape index (κ3) is 10.8. The summed E-state index contributed by atoms with van der Waals surface area (Å²) < 4.78 is 43.0. The molecule has 14 heteroatoms. The van der Waals surface area contributed by atoms with Gasteiger partial charge >= 0.3 is 0 Å². The Bertz CT molecular complexity index is 1720. The number of halogens is 2.